The van der Waals surface area contributed by atoms with Gasteiger partial charge in [-0.3, -0.25) is 4.79 Å². The molecule has 2 heterocycles. The van der Waals surface area contributed by atoms with E-state index in [4.69, 9.17) is 16.1 Å². The highest BCUT2D eigenvalue weighted by atomic mass is 35.5. The lowest BCUT2D eigenvalue weighted by atomic mass is 10.2. The number of hydrogen-bond donors (Lipinski definition) is 2. The Hall–Kier alpha value is -2.27. The second-order valence-electron chi connectivity index (χ2n) is 4.57. The number of aromatic amines is 1. The van der Waals surface area contributed by atoms with Crippen LogP contribution in [0.4, 0.5) is 0 Å². The fraction of sp³-hybridized carbons (Fsp3) is 0.143. The first-order chi connectivity index (χ1) is 9.63. The zero-order valence-corrected chi connectivity index (χ0v) is 11.4. The van der Waals surface area contributed by atoms with Gasteiger partial charge in [0.15, 0.2) is 0 Å². The summed E-state index contributed by atoms with van der Waals surface area (Å²) in [6.45, 7) is 1.87. The van der Waals surface area contributed by atoms with Crippen LogP contribution in [0.2, 0.25) is 5.02 Å². The van der Waals surface area contributed by atoms with Gasteiger partial charge in [0.1, 0.15) is 12.0 Å². The van der Waals surface area contributed by atoms with Gasteiger partial charge in [-0.05, 0) is 31.2 Å². The molecule has 0 saturated carbocycles. The topological polar surface area (TPSA) is 70.9 Å². The van der Waals surface area contributed by atoms with Crippen LogP contribution in [0, 0.1) is 0 Å². The van der Waals surface area contributed by atoms with Crippen molar-refractivity contribution in [3.8, 4) is 0 Å². The number of amides is 1. The van der Waals surface area contributed by atoms with E-state index >= 15 is 0 Å². The van der Waals surface area contributed by atoms with Gasteiger partial charge >= 0.3 is 0 Å². The van der Waals surface area contributed by atoms with Gasteiger partial charge in [-0.2, -0.15) is 0 Å². The van der Waals surface area contributed by atoms with E-state index in [-0.39, 0.29) is 11.9 Å². The Kier molecular flexibility index (Phi) is 3.20. The largest absolute Gasteiger partial charge is 0.364 e. The predicted octanol–water partition coefficient (Wildman–Crippen LogP) is 3.30. The molecule has 0 spiro atoms. The molecule has 1 aromatic carbocycles. The minimum atomic E-state index is -0.189. The monoisotopic (exact) mass is 289 g/mol. The molecule has 0 fully saturated rings. The SMILES string of the molecule is CC(NC(=O)c1cc2cc(Cl)ccc2[nH]1)c1cnoc1. The van der Waals surface area contributed by atoms with E-state index in [9.17, 15) is 4.79 Å². The molecular weight excluding hydrogens is 278 g/mol. The van der Waals surface area contributed by atoms with Gasteiger partial charge < -0.3 is 14.8 Å². The Morgan fingerprint density at radius 3 is 3.05 bits per heavy atom. The summed E-state index contributed by atoms with van der Waals surface area (Å²) in [6.07, 6.45) is 3.09. The van der Waals surface area contributed by atoms with Crippen molar-refractivity contribution in [1.82, 2.24) is 15.5 Å². The summed E-state index contributed by atoms with van der Waals surface area (Å²) in [5, 5.41) is 8.03. The highest BCUT2D eigenvalue weighted by molar-refractivity contribution is 6.31. The number of rotatable bonds is 3. The van der Waals surface area contributed by atoms with Crippen molar-refractivity contribution >= 4 is 28.4 Å². The number of nitrogens with one attached hydrogen (secondary N) is 2. The van der Waals surface area contributed by atoms with Crippen LogP contribution in [0.3, 0.4) is 0 Å². The van der Waals surface area contributed by atoms with Gasteiger partial charge in [-0.15, -0.1) is 0 Å². The molecule has 6 heteroatoms. The van der Waals surface area contributed by atoms with E-state index in [1.54, 1.807) is 18.3 Å². The Labute approximate surface area is 119 Å². The third-order valence-electron chi connectivity index (χ3n) is 3.13. The van der Waals surface area contributed by atoms with Crippen molar-refractivity contribution < 1.29 is 9.32 Å². The number of aromatic nitrogens is 2. The summed E-state index contributed by atoms with van der Waals surface area (Å²) in [7, 11) is 0. The Morgan fingerprint density at radius 2 is 2.30 bits per heavy atom. The lowest BCUT2D eigenvalue weighted by Crippen LogP contribution is -2.26. The van der Waals surface area contributed by atoms with Gasteiger partial charge in [0, 0.05) is 21.5 Å². The number of H-pyrrole nitrogens is 1. The van der Waals surface area contributed by atoms with Crippen LogP contribution in [-0.2, 0) is 0 Å². The predicted molar refractivity (Wildman–Crippen MR) is 75.7 cm³/mol. The maximum Gasteiger partial charge on any atom is 0.268 e. The molecule has 1 unspecified atom stereocenters. The van der Waals surface area contributed by atoms with E-state index in [0.29, 0.717) is 10.7 Å². The normalized spacial score (nSPS) is 12.5. The first-order valence-electron chi connectivity index (χ1n) is 6.12. The lowest BCUT2D eigenvalue weighted by Gasteiger charge is -2.10. The number of carbonyl (C=O) groups is 1. The van der Waals surface area contributed by atoms with E-state index in [2.05, 4.69) is 15.5 Å². The van der Waals surface area contributed by atoms with Gasteiger partial charge in [0.05, 0.1) is 12.2 Å². The average Bonchev–Trinajstić information content (AvgIpc) is 3.07. The quantitative estimate of drug-likeness (QED) is 0.777. The molecule has 2 N–H and O–H groups in total. The van der Waals surface area contributed by atoms with Crippen LogP contribution < -0.4 is 5.32 Å². The second kappa shape index (κ2) is 5.02. The third kappa shape index (κ3) is 2.40. The van der Waals surface area contributed by atoms with E-state index in [0.717, 1.165) is 16.5 Å². The molecule has 5 nitrogen and oxygen atoms in total. The van der Waals surface area contributed by atoms with E-state index in [1.165, 1.54) is 6.26 Å². The van der Waals surface area contributed by atoms with Crippen LogP contribution in [-0.4, -0.2) is 16.0 Å². The smallest absolute Gasteiger partial charge is 0.268 e. The molecule has 3 aromatic rings. The molecule has 0 aliphatic heterocycles. The molecule has 20 heavy (non-hydrogen) atoms. The Morgan fingerprint density at radius 1 is 1.45 bits per heavy atom. The molecule has 1 amide bonds. The first kappa shape index (κ1) is 12.7. The third-order valence-corrected chi connectivity index (χ3v) is 3.36. The number of hydrogen-bond acceptors (Lipinski definition) is 3. The van der Waals surface area contributed by atoms with Crippen LogP contribution in [0.25, 0.3) is 10.9 Å². The number of halogens is 1. The van der Waals surface area contributed by atoms with Crippen molar-refractivity contribution in [2.75, 3.05) is 0 Å². The average molecular weight is 290 g/mol. The van der Waals surface area contributed by atoms with Crippen LogP contribution in [0.5, 0.6) is 0 Å². The number of fused-ring (bicyclic) bond motifs is 1. The highest BCUT2D eigenvalue weighted by Crippen LogP contribution is 2.20. The van der Waals surface area contributed by atoms with Crippen LogP contribution in [0.1, 0.15) is 29.0 Å². The van der Waals surface area contributed by atoms with Crippen LogP contribution in [0.15, 0.2) is 41.2 Å². The standard InChI is InChI=1S/C14H12ClN3O2/c1-8(10-6-16-20-7-10)17-14(19)13-5-9-4-11(15)2-3-12(9)18-13/h2-8,18H,1H3,(H,17,19). The van der Waals surface area contributed by atoms with Gasteiger partial charge in [0.25, 0.3) is 5.91 Å². The fourth-order valence-electron chi connectivity index (χ4n) is 2.01. The number of benzene rings is 1. The zero-order chi connectivity index (χ0) is 14.1. The van der Waals surface area contributed by atoms with Crippen molar-refractivity contribution in [3.05, 3.63) is 53.0 Å². The molecule has 0 saturated heterocycles. The summed E-state index contributed by atoms with van der Waals surface area (Å²) < 4.78 is 4.76. The molecule has 102 valence electrons. The highest BCUT2D eigenvalue weighted by Gasteiger charge is 2.14. The molecule has 2 aromatic heterocycles. The van der Waals surface area contributed by atoms with E-state index < -0.39 is 0 Å². The van der Waals surface area contributed by atoms with Crippen LogP contribution >= 0.6 is 11.6 Å². The van der Waals surface area contributed by atoms with Gasteiger partial charge in [-0.25, -0.2) is 0 Å². The lowest BCUT2D eigenvalue weighted by molar-refractivity contribution is 0.0935. The summed E-state index contributed by atoms with van der Waals surface area (Å²) >= 11 is 5.93. The molecule has 1 atom stereocenters. The summed E-state index contributed by atoms with van der Waals surface area (Å²) in [5.74, 6) is -0.189. The second-order valence-corrected chi connectivity index (χ2v) is 5.00. The fourth-order valence-corrected chi connectivity index (χ4v) is 2.19. The molecule has 3 rings (SSSR count). The zero-order valence-electron chi connectivity index (χ0n) is 10.7. The molecule has 0 aliphatic rings. The van der Waals surface area contributed by atoms with E-state index in [1.807, 2.05) is 19.1 Å². The Bertz CT molecular complexity index is 749. The maximum atomic E-state index is 12.2. The summed E-state index contributed by atoms with van der Waals surface area (Å²) in [6, 6.07) is 7.04. The Balaban J connectivity index is 1.82. The molecule has 0 aliphatic carbocycles. The minimum Gasteiger partial charge on any atom is -0.364 e. The molecule has 0 radical (unpaired) electrons. The molecule has 0 bridgehead atoms. The minimum absolute atomic E-state index is 0.177. The van der Waals surface area contributed by atoms with Crippen molar-refractivity contribution in [3.63, 3.8) is 0 Å². The summed E-state index contributed by atoms with van der Waals surface area (Å²) in [5.41, 5.74) is 2.18. The van der Waals surface area contributed by atoms with Gasteiger partial charge in [0.2, 0.25) is 0 Å². The first-order valence-corrected chi connectivity index (χ1v) is 6.49. The van der Waals surface area contributed by atoms with Crippen molar-refractivity contribution in [2.24, 2.45) is 0 Å². The number of carbonyl (C=O) groups excluding carboxylic acids is 1. The molecular formula is C14H12ClN3O2. The maximum absolute atomic E-state index is 12.2. The summed E-state index contributed by atoms with van der Waals surface area (Å²) in [4.78, 5) is 15.2. The van der Waals surface area contributed by atoms with Gasteiger partial charge in [-0.1, -0.05) is 16.8 Å². The van der Waals surface area contributed by atoms with Crippen molar-refractivity contribution in [2.45, 2.75) is 13.0 Å². The number of nitrogens with zero attached hydrogens (tertiary/aromatic N) is 1. The van der Waals surface area contributed by atoms with Crippen molar-refractivity contribution in [1.29, 1.82) is 0 Å².